The molecule has 0 amide bonds. The highest BCUT2D eigenvalue weighted by molar-refractivity contribution is 5.70. The van der Waals surface area contributed by atoms with Gasteiger partial charge in [0.1, 0.15) is 0 Å². The van der Waals surface area contributed by atoms with E-state index in [1.165, 1.54) is 4.68 Å². The Labute approximate surface area is 105 Å². The van der Waals surface area contributed by atoms with Gasteiger partial charge in [0.05, 0.1) is 11.6 Å². The summed E-state index contributed by atoms with van der Waals surface area (Å²) < 4.78 is 1.49. The van der Waals surface area contributed by atoms with E-state index in [2.05, 4.69) is 5.10 Å². The van der Waals surface area contributed by atoms with Gasteiger partial charge in [-0.25, -0.2) is 4.68 Å². The molecule has 1 N–H and O–H groups in total. The number of aliphatic carboxylic acids is 1. The highest BCUT2D eigenvalue weighted by Gasteiger charge is 2.25. The second-order valence-corrected chi connectivity index (χ2v) is 5.31. The summed E-state index contributed by atoms with van der Waals surface area (Å²) in [6.07, 6.45) is 1.68. The fraction of sp³-hybridized carbons (Fsp3) is 0.615. The van der Waals surface area contributed by atoms with Gasteiger partial charge in [0, 0.05) is 12.6 Å². The first-order chi connectivity index (χ1) is 8.47. The molecule has 1 aromatic heterocycles. The fourth-order valence-electron chi connectivity index (χ4n) is 2.32. The summed E-state index contributed by atoms with van der Waals surface area (Å²) in [6.45, 7) is 4.68. The van der Waals surface area contributed by atoms with Gasteiger partial charge in [0.25, 0.3) is 5.56 Å². The van der Waals surface area contributed by atoms with Crippen molar-refractivity contribution < 1.29 is 9.90 Å². The summed E-state index contributed by atoms with van der Waals surface area (Å²) in [5, 5.41) is 13.4. The van der Waals surface area contributed by atoms with Gasteiger partial charge in [0.2, 0.25) is 0 Å². The van der Waals surface area contributed by atoms with Crippen LogP contribution in [0.15, 0.2) is 10.9 Å². The van der Waals surface area contributed by atoms with E-state index in [-0.39, 0.29) is 11.5 Å². The highest BCUT2D eigenvalue weighted by Crippen LogP contribution is 2.23. The van der Waals surface area contributed by atoms with Crippen molar-refractivity contribution in [1.29, 1.82) is 0 Å². The summed E-state index contributed by atoms with van der Waals surface area (Å²) >= 11 is 0. The average molecular weight is 250 g/mol. The van der Waals surface area contributed by atoms with E-state index in [0.717, 1.165) is 11.3 Å². The van der Waals surface area contributed by atoms with Crippen molar-refractivity contribution in [1.82, 2.24) is 9.78 Å². The number of aryl methyl sites for hydroxylation is 1. The summed E-state index contributed by atoms with van der Waals surface area (Å²) in [5.74, 6) is -0.796. The highest BCUT2D eigenvalue weighted by atomic mass is 16.4. The normalized spacial score (nSPS) is 18.7. The Kier molecular flexibility index (Phi) is 3.50. The minimum Gasteiger partial charge on any atom is -0.481 e. The molecule has 2 rings (SSSR count). The van der Waals surface area contributed by atoms with Crippen molar-refractivity contribution in [3.8, 4) is 0 Å². The van der Waals surface area contributed by atoms with Gasteiger partial charge in [-0.1, -0.05) is 13.8 Å². The summed E-state index contributed by atoms with van der Waals surface area (Å²) in [7, 11) is 0. The topological polar surface area (TPSA) is 72.2 Å². The minimum absolute atomic E-state index is 0.131. The van der Waals surface area contributed by atoms with Crippen molar-refractivity contribution in [3.63, 3.8) is 0 Å². The Morgan fingerprint density at radius 1 is 1.61 bits per heavy atom. The molecule has 0 fully saturated rings. The number of carboxylic acids is 1. The first-order valence-corrected chi connectivity index (χ1v) is 6.30. The van der Waals surface area contributed by atoms with Gasteiger partial charge in [0.15, 0.2) is 0 Å². The van der Waals surface area contributed by atoms with Crippen LogP contribution in [0.25, 0.3) is 0 Å². The molecule has 18 heavy (non-hydrogen) atoms. The molecule has 1 aliphatic rings. The number of hydrogen-bond acceptors (Lipinski definition) is 3. The number of carbonyl (C=O) groups is 1. The van der Waals surface area contributed by atoms with E-state index in [1.807, 2.05) is 13.8 Å². The number of aromatic nitrogens is 2. The zero-order valence-corrected chi connectivity index (χ0v) is 10.7. The van der Waals surface area contributed by atoms with E-state index in [1.54, 1.807) is 6.07 Å². The Morgan fingerprint density at radius 2 is 2.33 bits per heavy atom. The predicted octanol–water partition coefficient (Wildman–Crippen LogP) is 1.09. The number of rotatable bonds is 3. The zero-order chi connectivity index (χ0) is 13.3. The maximum absolute atomic E-state index is 11.9. The maximum Gasteiger partial charge on any atom is 0.306 e. The molecule has 1 aliphatic carbocycles. The monoisotopic (exact) mass is 250 g/mol. The Morgan fingerprint density at radius 3 is 2.94 bits per heavy atom. The van der Waals surface area contributed by atoms with Gasteiger partial charge < -0.3 is 5.11 Å². The van der Waals surface area contributed by atoms with E-state index in [0.29, 0.717) is 31.7 Å². The predicted molar refractivity (Wildman–Crippen MR) is 66.5 cm³/mol. The third-order valence-electron chi connectivity index (χ3n) is 3.25. The number of hydrogen-bond donors (Lipinski definition) is 1. The van der Waals surface area contributed by atoms with Crippen molar-refractivity contribution in [2.75, 3.05) is 0 Å². The summed E-state index contributed by atoms with van der Waals surface area (Å²) in [5.41, 5.74) is 1.56. The van der Waals surface area contributed by atoms with Gasteiger partial charge in [-0.2, -0.15) is 5.10 Å². The Balaban J connectivity index is 2.30. The molecule has 0 saturated heterocycles. The number of carboxylic acid groups (broad SMARTS) is 1. The van der Waals surface area contributed by atoms with Crippen LogP contribution < -0.4 is 5.56 Å². The SMILES string of the molecule is CC(C)Cn1nc2c(cc1=O)CC(C(=O)O)CC2. The van der Waals surface area contributed by atoms with Gasteiger partial charge in [-0.05, 0) is 30.7 Å². The number of nitrogens with zero attached hydrogens (tertiary/aromatic N) is 2. The van der Waals surface area contributed by atoms with Crippen LogP contribution in [0, 0.1) is 11.8 Å². The van der Waals surface area contributed by atoms with Crippen LogP contribution in [-0.4, -0.2) is 20.9 Å². The van der Waals surface area contributed by atoms with E-state index >= 15 is 0 Å². The fourth-order valence-corrected chi connectivity index (χ4v) is 2.32. The lowest BCUT2D eigenvalue weighted by molar-refractivity contribution is -0.142. The number of fused-ring (bicyclic) bond motifs is 1. The molecule has 1 heterocycles. The second-order valence-electron chi connectivity index (χ2n) is 5.31. The van der Waals surface area contributed by atoms with Crippen LogP contribution in [0.1, 0.15) is 31.5 Å². The molecule has 0 saturated carbocycles. The third kappa shape index (κ3) is 2.60. The van der Waals surface area contributed by atoms with Gasteiger partial charge in [-0.15, -0.1) is 0 Å². The van der Waals surface area contributed by atoms with Gasteiger partial charge in [-0.3, -0.25) is 9.59 Å². The zero-order valence-electron chi connectivity index (χ0n) is 10.7. The van der Waals surface area contributed by atoms with E-state index in [4.69, 9.17) is 5.11 Å². The first kappa shape index (κ1) is 12.8. The Hall–Kier alpha value is -1.65. The largest absolute Gasteiger partial charge is 0.481 e. The second kappa shape index (κ2) is 4.92. The van der Waals surface area contributed by atoms with Crippen LogP contribution in [0.4, 0.5) is 0 Å². The van der Waals surface area contributed by atoms with Crippen molar-refractivity contribution >= 4 is 5.97 Å². The lowest BCUT2D eigenvalue weighted by Gasteiger charge is -2.21. The van der Waals surface area contributed by atoms with Crippen molar-refractivity contribution in [2.24, 2.45) is 11.8 Å². The minimum atomic E-state index is -0.785. The lowest BCUT2D eigenvalue weighted by atomic mass is 9.87. The molecule has 5 nitrogen and oxygen atoms in total. The standard InChI is InChI=1S/C13H18N2O3/c1-8(2)7-15-12(16)6-10-5-9(13(17)18)3-4-11(10)14-15/h6,8-9H,3-5,7H2,1-2H3,(H,17,18). The van der Waals surface area contributed by atoms with Crippen molar-refractivity contribution in [2.45, 2.75) is 39.7 Å². The Bertz CT molecular complexity index is 519. The lowest BCUT2D eigenvalue weighted by Crippen LogP contribution is -2.31. The van der Waals surface area contributed by atoms with E-state index < -0.39 is 5.97 Å². The van der Waals surface area contributed by atoms with Crippen LogP contribution in [0.5, 0.6) is 0 Å². The first-order valence-electron chi connectivity index (χ1n) is 6.30. The molecule has 0 radical (unpaired) electrons. The quantitative estimate of drug-likeness (QED) is 0.871. The van der Waals surface area contributed by atoms with Gasteiger partial charge >= 0.3 is 5.97 Å². The molecule has 0 bridgehead atoms. The summed E-state index contributed by atoms with van der Waals surface area (Å²) in [4.78, 5) is 22.8. The molecule has 0 aromatic carbocycles. The third-order valence-corrected chi connectivity index (χ3v) is 3.25. The van der Waals surface area contributed by atoms with Crippen LogP contribution in [0.3, 0.4) is 0 Å². The molecule has 1 atom stereocenters. The molecular weight excluding hydrogens is 232 g/mol. The summed E-state index contributed by atoms with van der Waals surface area (Å²) in [6, 6.07) is 1.56. The van der Waals surface area contributed by atoms with Crippen LogP contribution in [0.2, 0.25) is 0 Å². The molecule has 5 heteroatoms. The molecule has 1 unspecified atom stereocenters. The average Bonchev–Trinajstić information content (AvgIpc) is 2.28. The molecule has 0 aliphatic heterocycles. The smallest absolute Gasteiger partial charge is 0.306 e. The van der Waals surface area contributed by atoms with Crippen LogP contribution >= 0.6 is 0 Å². The molecular formula is C13H18N2O3. The maximum atomic E-state index is 11.9. The molecule has 1 aromatic rings. The van der Waals surface area contributed by atoms with Crippen LogP contribution in [-0.2, 0) is 24.2 Å². The molecule has 0 spiro atoms. The van der Waals surface area contributed by atoms with E-state index in [9.17, 15) is 9.59 Å². The van der Waals surface area contributed by atoms with Crippen molar-refractivity contribution in [3.05, 3.63) is 27.7 Å². The molecule has 98 valence electrons.